The molecule has 3 nitrogen and oxygen atoms in total. The molecule has 2 rings (SSSR count). The van der Waals surface area contributed by atoms with E-state index in [0.717, 1.165) is 38.4 Å². The molecule has 1 unspecified atom stereocenters. The Kier molecular flexibility index (Phi) is 6.90. The van der Waals surface area contributed by atoms with E-state index in [0.29, 0.717) is 0 Å². The van der Waals surface area contributed by atoms with Crippen LogP contribution in [0, 0.1) is 11.8 Å². The van der Waals surface area contributed by atoms with E-state index in [2.05, 4.69) is 10.6 Å². The molecule has 0 bridgehead atoms. The van der Waals surface area contributed by atoms with Crippen LogP contribution in [0.25, 0.3) is 0 Å². The molecule has 1 atom stereocenters. The van der Waals surface area contributed by atoms with Gasteiger partial charge in [0, 0.05) is 13.1 Å². The summed E-state index contributed by atoms with van der Waals surface area (Å²) in [7, 11) is 0. The van der Waals surface area contributed by atoms with Gasteiger partial charge in [0.25, 0.3) is 0 Å². The van der Waals surface area contributed by atoms with Crippen molar-refractivity contribution in [2.75, 3.05) is 19.6 Å². The van der Waals surface area contributed by atoms with Gasteiger partial charge in [-0.15, -0.1) is 12.4 Å². The van der Waals surface area contributed by atoms with Gasteiger partial charge in [-0.3, -0.25) is 4.79 Å². The zero-order valence-corrected chi connectivity index (χ0v) is 11.4. The van der Waals surface area contributed by atoms with Crippen LogP contribution in [0.15, 0.2) is 0 Å². The predicted molar refractivity (Wildman–Crippen MR) is 72.4 cm³/mol. The van der Waals surface area contributed by atoms with Crippen molar-refractivity contribution in [2.45, 2.75) is 44.9 Å². The van der Waals surface area contributed by atoms with Gasteiger partial charge in [-0.1, -0.05) is 25.7 Å². The van der Waals surface area contributed by atoms with Crippen molar-refractivity contribution >= 4 is 18.3 Å². The van der Waals surface area contributed by atoms with Crippen LogP contribution in [0.2, 0.25) is 0 Å². The molecular formula is C13H25ClN2O. The number of hydrogen-bond donors (Lipinski definition) is 2. The molecule has 1 aliphatic carbocycles. The van der Waals surface area contributed by atoms with Crippen LogP contribution in [0.3, 0.4) is 0 Å². The Hall–Kier alpha value is -0.280. The van der Waals surface area contributed by atoms with Crippen LogP contribution in [-0.2, 0) is 4.79 Å². The van der Waals surface area contributed by atoms with Crippen LogP contribution in [0.5, 0.6) is 0 Å². The largest absolute Gasteiger partial charge is 0.356 e. The van der Waals surface area contributed by atoms with E-state index in [-0.39, 0.29) is 24.2 Å². The first-order valence-corrected chi connectivity index (χ1v) is 6.84. The van der Waals surface area contributed by atoms with Crippen LogP contribution >= 0.6 is 12.4 Å². The standard InChI is InChI=1S/C13H24N2O.ClH/c16-13(12-6-3-8-14-10-12)15-9-7-11-4-1-2-5-11;/h11-12,14H,1-10H2,(H,15,16);1H. The van der Waals surface area contributed by atoms with Crippen molar-refractivity contribution in [3.8, 4) is 0 Å². The highest BCUT2D eigenvalue weighted by atomic mass is 35.5. The van der Waals surface area contributed by atoms with Gasteiger partial charge < -0.3 is 10.6 Å². The van der Waals surface area contributed by atoms with Gasteiger partial charge in [0.15, 0.2) is 0 Å². The molecule has 0 aromatic carbocycles. The highest BCUT2D eigenvalue weighted by molar-refractivity contribution is 5.85. The van der Waals surface area contributed by atoms with Gasteiger partial charge in [-0.2, -0.15) is 0 Å². The molecule has 1 heterocycles. The molecule has 1 saturated heterocycles. The molecule has 1 amide bonds. The van der Waals surface area contributed by atoms with Crippen LogP contribution in [-0.4, -0.2) is 25.5 Å². The average molecular weight is 261 g/mol. The summed E-state index contributed by atoms with van der Waals surface area (Å²) in [6, 6.07) is 0. The fourth-order valence-electron chi connectivity index (χ4n) is 2.92. The maximum atomic E-state index is 11.8. The smallest absolute Gasteiger partial charge is 0.224 e. The minimum absolute atomic E-state index is 0. The van der Waals surface area contributed by atoms with Crippen molar-refractivity contribution in [3.05, 3.63) is 0 Å². The predicted octanol–water partition coefficient (Wildman–Crippen LogP) is 2.10. The van der Waals surface area contributed by atoms with Crippen molar-refractivity contribution in [3.63, 3.8) is 0 Å². The fraction of sp³-hybridized carbons (Fsp3) is 0.923. The highest BCUT2D eigenvalue weighted by Gasteiger charge is 2.21. The fourth-order valence-corrected chi connectivity index (χ4v) is 2.92. The van der Waals surface area contributed by atoms with Gasteiger partial charge in [0.05, 0.1) is 5.92 Å². The summed E-state index contributed by atoms with van der Waals surface area (Å²) in [6.45, 7) is 2.83. The number of halogens is 1. The second-order valence-electron chi connectivity index (χ2n) is 5.27. The third-order valence-corrected chi connectivity index (χ3v) is 3.99. The van der Waals surface area contributed by atoms with Crippen LogP contribution in [0.1, 0.15) is 44.9 Å². The highest BCUT2D eigenvalue weighted by Crippen LogP contribution is 2.26. The zero-order chi connectivity index (χ0) is 11.2. The van der Waals surface area contributed by atoms with Gasteiger partial charge in [-0.05, 0) is 31.7 Å². The van der Waals surface area contributed by atoms with E-state index < -0.39 is 0 Å². The second-order valence-corrected chi connectivity index (χ2v) is 5.27. The summed E-state index contributed by atoms with van der Waals surface area (Å²) in [4.78, 5) is 11.8. The first kappa shape index (κ1) is 14.8. The molecule has 2 fully saturated rings. The lowest BCUT2D eigenvalue weighted by Crippen LogP contribution is -2.41. The zero-order valence-electron chi connectivity index (χ0n) is 10.5. The summed E-state index contributed by atoms with van der Waals surface area (Å²) in [5.41, 5.74) is 0. The van der Waals surface area contributed by atoms with Crippen molar-refractivity contribution in [2.24, 2.45) is 11.8 Å². The quantitative estimate of drug-likeness (QED) is 0.813. The molecule has 0 radical (unpaired) electrons. The number of amides is 1. The monoisotopic (exact) mass is 260 g/mol. The summed E-state index contributed by atoms with van der Waals surface area (Å²) in [5, 5.41) is 6.39. The molecule has 17 heavy (non-hydrogen) atoms. The van der Waals surface area contributed by atoms with E-state index >= 15 is 0 Å². The molecule has 0 aromatic heterocycles. The van der Waals surface area contributed by atoms with Crippen molar-refractivity contribution < 1.29 is 4.79 Å². The maximum Gasteiger partial charge on any atom is 0.224 e. The lowest BCUT2D eigenvalue weighted by molar-refractivity contribution is -0.125. The first-order valence-electron chi connectivity index (χ1n) is 6.84. The van der Waals surface area contributed by atoms with Crippen molar-refractivity contribution in [1.82, 2.24) is 10.6 Å². The first-order chi connectivity index (χ1) is 7.86. The minimum Gasteiger partial charge on any atom is -0.356 e. The van der Waals surface area contributed by atoms with Gasteiger partial charge >= 0.3 is 0 Å². The number of hydrogen-bond acceptors (Lipinski definition) is 2. The Bertz CT molecular complexity index is 223. The van der Waals surface area contributed by atoms with Crippen LogP contribution < -0.4 is 10.6 Å². The van der Waals surface area contributed by atoms with Gasteiger partial charge in [0.2, 0.25) is 5.91 Å². The Balaban J connectivity index is 0.00000144. The number of piperidine rings is 1. The minimum atomic E-state index is 0. The molecule has 0 spiro atoms. The topological polar surface area (TPSA) is 41.1 Å². The van der Waals surface area contributed by atoms with E-state index in [9.17, 15) is 4.79 Å². The Morgan fingerprint density at radius 1 is 1.18 bits per heavy atom. The molecule has 100 valence electrons. The second kappa shape index (κ2) is 7.93. The van der Waals surface area contributed by atoms with E-state index in [1.54, 1.807) is 0 Å². The van der Waals surface area contributed by atoms with Crippen molar-refractivity contribution in [1.29, 1.82) is 0 Å². The number of carbonyl (C=O) groups excluding carboxylic acids is 1. The summed E-state index contributed by atoms with van der Waals surface area (Å²) in [6.07, 6.45) is 8.92. The molecule has 1 saturated carbocycles. The van der Waals surface area contributed by atoms with Gasteiger partial charge in [-0.25, -0.2) is 0 Å². The number of carbonyl (C=O) groups is 1. The maximum absolute atomic E-state index is 11.8. The number of rotatable bonds is 4. The molecule has 0 aromatic rings. The summed E-state index contributed by atoms with van der Waals surface area (Å²) in [5.74, 6) is 1.37. The van der Waals surface area contributed by atoms with Gasteiger partial charge in [0.1, 0.15) is 0 Å². The third-order valence-electron chi connectivity index (χ3n) is 3.99. The average Bonchev–Trinajstić information content (AvgIpc) is 2.83. The molecule has 2 N–H and O–H groups in total. The van der Waals surface area contributed by atoms with E-state index in [4.69, 9.17) is 0 Å². The Morgan fingerprint density at radius 3 is 2.59 bits per heavy atom. The Morgan fingerprint density at radius 2 is 1.94 bits per heavy atom. The molecule has 4 heteroatoms. The van der Waals surface area contributed by atoms with E-state index in [1.807, 2.05) is 0 Å². The third kappa shape index (κ3) is 4.84. The number of nitrogens with one attached hydrogen (secondary N) is 2. The Labute approximate surface area is 111 Å². The lowest BCUT2D eigenvalue weighted by Gasteiger charge is -2.22. The molecule has 2 aliphatic rings. The normalized spacial score (nSPS) is 25.3. The summed E-state index contributed by atoms with van der Waals surface area (Å²) < 4.78 is 0. The SMILES string of the molecule is Cl.O=C(NCCC1CCCC1)C1CCCNC1. The summed E-state index contributed by atoms with van der Waals surface area (Å²) >= 11 is 0. The van der Waals surface area contributed by atoms with E-state index in [1.165, 1.54) is 32.1 Å². The molecule has 1 aliphatic heterocycles. The molecular weight excluding hydrogens is 236 g/mol. The van der Waals surface area contributed by atoms with Crippen LogP contribution in [0.4, 0.5) is 0 Å². The lowest BCUT2D eigenvalue weighted by atomic mass is 9.98.